The second-order valence-corrected chi connectivity index (χ2v) is 11.5. The molecule has 5 rings (SSSR count). The van der Waals surface area contributed by atoms with Crippen molar-refractivity contribution in [2.24, 2.45) is 10.9 Å². The third kappa shape index (κ3) is 6.62. The first-order chi connectivity index (χ1) is 21.3. The molecule has 1 fully saturated rings. The van der Waals surface area contributed by atoms with Crippen LogP contribution >= 0.6 is 11.8 Å². The Morgan fingerprint density at radius 1 is 1.00 bits per heavy atom. The fourth-order valence-corrected chi connectivity index (χ4v) is 6.63. The number of carbonyl (C=O) groups excluding carboxylic acids is 3. The van der Waals surface area contributed by atoms with Crippen LogP contribution < -0.4 is 9.47 Å². The van der Waals surface area contributed by atoms with E-state index in [1.807, 2.05) is 46.7 Å². The molecule has 11 heteroatoms. The third-order valence-corrected chi connectivity index (χ3v) is 8.85. The van der Waals surface area contributed by atoms with Gasteiger partial charge in [-0.15, -0.1) is 0 Å². The van der Waals surface area contributed by atoms with Crippen molar-refractivity contribution in [3.05, 3.63) is 82.0 Å². The molecule has 0 radical (unpaired) electrons. The molecule has 3 aliphatic rings. The maximum Gasteiger partial charge on any atom is 0.338 e. The maximum absolute atomic E-state index is 13.8. The van der Waals surface area contributed by atoms with E-state index in [4.69, 9.17) is 23.9 Å². The number of hydrogen-bond donors (Lipinski definition) is 0. The molecule has 0 aromatic heterocycles. The lowest BCUT2D eigenvalue weighted by atomic mass is 9.92. The molecule has 3 aliphatic heterocycles. The first-order valence-corrected chi connectivity index (χ1v) is 15.5. The van der Waals surface area contributed by atoms with E-state index in [0.717, 1.165) is 5.56 Å². The van der Waals surface area contributed by atoms with Gasteiger partial charge in [0.2, 0.25) is 5.91 Å². The summed E-state index contributed by atoms with van der Waals surface area (Å²) in [6, 6.07) is 14.2. The number of benzene rings is 2. The van der Waals surface area contributed by atoms with Gasteiger partial charge in [0, 0.05) is 24.4 Å². The summed E-state index contributed by atoms with van der Waals surface area (Å²) in [4.78, 5) is 48.1. The van der Waals surface area contributed by atoms with Gasteiger partial charge in [0.25, 0.3) is 0 Å². The molecule has 10 nitrogen and oxygen atoms in total. The lowest BCUT2D eigenvalue weighted by Crippen LogP contribution is -2.42. The summed E-state index contributed by atoms with van der Waals surface area (Å²) >= 11 is 1.41. The predicted molar refractivity (Wildman–Crippen MR) is 167 cm³/mol. The number of nitrogens with zero attached hydrogens (tertiary/aromatic N) is 3. The fourth-order valence-electron chi connectivity index (χ4n) is 5.67. The zero-order chi connectivity index (χ0) is 31.2. The molecular weight excluding hydrogens is 582 g/mol. The van der Waals surface area contributed by atoms with Crippen molar-refractivity contribution in [2.75, 3.05) is 33.9 Å². The summed E-state index contributed by atoms with van der Waals surface area (Å²) in [5.41, 5.74) is 3.14. The van der Waals surface area contributed by atoms with Gasteiger partial charge in [0.05, 0.1) is 50.5 Å². The van der Waals surface area contributed by atoms with E-state index < -0.39 is 12.0 Å². The van der Waals surface area contributed by atoms with Crippen molar-refractivity contribution < 1.29 is 33.3 Å². The molecule has 0 unspecified atom stereocenters. The SMILES string of the molecule is CCOC(=O)C1CCN(C(=O)CC2=CSC3=NC(C)=C(C(=O)OCc4ccccc4)[C@H](c4cc(OC)ccc4OC)N23)CC1. The molecule has 3 heterocycles. The first kappa shape index (κ1) is 31.2. The van der Waals surface area contributed by atoms with Crippen molar-refractivity contribution in [3.63, 3.8) is 0 Å². The van der Waals surface area contributed by atoms with Crippen LogP contribution in [0.2, 0.25) is 0 Å². The highest BCUT2D eigenvalue weighted by molar-refractivity contribution is 8.16. The zero-order valence-corrected chi connectivity index (χ0v) is 26.2. The van der Waals surface area contributed by atoms with Crippen LogP contribution in [-0.4, -0.2) is 66.7 Å². The number of rotatable bonds is 10. The summed E-state index contributed by atoms with van der Waals surface area (Å²) in [6.45, 7) is 4.99. The maximum atomic E-state index is 13.8. The predicted octanol–water partition coefficient (Wildman–Crippen LogP) is 5.21. The van der Waals surface area contributed by atoms with Crippen molar-refractivity contribution in [1.82, 2.24) is 9.80 Å². The molecule has 2 aromatic carbocycles. The Hall–Kier alpha value is -4.25. The van der Waals surface area contributed by atoms with Crippen molar-refractivity contribution in [3.8, 4) is 11.5 Å². The molecule has 0 bridgehead atoms. The van der Waals surface area contributed by atoms with Gasteiger partial charge < -0.3 is 28.7 Å². The largest absolute Gasteiger partial charge is 0.497 e. The summed E-state index contributed by atoms with van der Waals surface area (Å²) in [5, 5.41) is 2.56. The molecule has 1 amide bonds. The summed E-state index contributed by atoms with van der Waals surface area (Å²) in [5.74, 6) is 0.194. The quantitative estimate of drug-likeness (QED) is 0.331. The summed E-state index contributed by atoms with van der Waals surface area (Å²) in [6.07, 6.45) is 1.24. The Morgan fingerprint density at radius 3 is 2.43 bits per heavy atom. The van der Waals surface area contributed by atoms with E-state index >= 15 is 0 Å². The van der Waals surface area contributed by atoms with Crippen LogP contribution in [0.4, 0.5) is 0 Å². The van der Waals surface area contributed by atoms with E-state index in [1.165, 1.54) is 11.8 Å². The number of likely N-dealkylation sites (tertiary alicyclic amines) is 1. The number of hydrogen-bond acceptors (Lipinski definition) is 10. The highest BCUT2D eigenvalue weighted by atomic mass is 32.2. The Labute approximate surface area is 261 Å². The molecule has 0 spiro atoms. The van der Waals surface area contributed by atoms with Crippen LogP contribution in [-0.2, 0) is 30.5 Å². The Balaban J connectivity index is 1.43. The smallest absolute Gasteiger partial charge is 0.338 e. The number of methoxy groups -OCH3 is 2. The number of thioether (sulfide) groups is 1. The molecule has 232 valence electrons. The van der Waals surface area contributed by atoms with Crippen LogP contribution in [0.25, 0.3) is 0 Å². The van der Waals surface area contributed by atoms with Gasteiger partial charge >= 0.3 is 11.9 Å². The topological polar surface area (TPSA) is 107 Å². The molecule has 0 saturated carbocycles. The minimum absolute atomic E-state index is 0.0590. The number of ether oxygens (including phenoxy) is 4. The van der Waals surface area contributed by atoms with Gasteiger partial charge in [-0.25, -0.2) is 9.79 Å². The second-order valence-electron chi connectivity index (χ2n) is 10.6. The van der Waals surface area contributed by atoms with E-state index in [1.54, 1.807) is 45.1 Å². The minimum Gasteiger partial charge on any atom is -0.497 e. The number of carbonyl (C=O) groups is 3. The Morgan fingerprint density at radius 2 is 1.75 bits per heavy atom. The second kappa shape index (κ2) is 14.0. The number of amidine groups is 1. The number of amides is 1. The highest BCUT2D eigenvalue weighted by Gasteiger charge is 2.43. The molecule has 0 N–H and O–H groups in total. The average molecular weight is 620 g/mol. The van der Waals surface area contributed by atoms with Gasteiger partial charge in [-0.05, 0) is 55.9 Å². The van der Waals surface area contributed by atoms with Gasteiger partial charge in [0.15, 0.2) is 5.17 Å². The molecule has 0 aliphatic carbocycles. The number of allylic oxidation sites excluding steroid dienone is 1. The van der Waals surface area contributed by atoms with Gasteiger partial charge in [-0.2, -0.15) is 0 Å². The van der Waals surface area contributed by atoms with E-state index in [2.05, 4.69) is 0 Å². The standard InChI is InChI=1S/C33H37N3O7S/c1-5-42-31(38)23-13-15-35(16-14-23)28(37)17-24-20-44-33-34-21(2)29(32(39)43-19-22-9-7-6-8-10-22)30(36(24)33)26-18-25(40-3)11-12-27(26)41-4/h6-12,18,20,23,30H,5,13-17,19H2,1-4H3/t30-/m0/s1. The zero-order valence-electron chi connectivity index (χ0n) is 25.4. The Bertz CT molecular complexity index is 1500. The molecule has 1 atom stereocenters. The lowest BCUT2D eigenvalue weighted by molar-refractivity contribution is -0.151. The summed E-state index contributed by atoms with van der Waals surface area (Å²) in [7, 11) is 3.16. The Kier molecular flexibility index (Phi) is 9.94. The number of aliphatic imine (C=N–C) groups is 1. The fraction of sp³-hybridized carbons (Fsp3) is 0.394. The van der Waals surface area contributed by atoms with Crippen molar-refractivity contribution in [1.29, 1.82) is 0 Å². The van der Waals surface area contributed by atoms with Crippen LogP contribution in [0.15, 0.2) is 75.9 Å². The number of esters is 2. The number of fused-ring (bicyclic) bond motifs is 1. The average Bonchev–Trinajstić information content (AvgIpc) is 3.44. The van der Waals surface area contributed by atoms with Gasteiger partial charge in [0.1, 0.15) is 18.1 Å². The molecular formula is C33H37N3O7S. The van der Waals surface area contributed by atoms with Gasteiger partial charge in [-0.3, -0.25) is 9.59 Å². The normalized spacial score (nSPS) is 18.3. The minimum atomic E-state index is -0.681. The van der Waals surface area contributed by atoms with Crippen LogP contribution in [0, 0.1) is 5.92 Å². The van der Waals surface area contributed by atoms with Crippen molar-refractivity contribution >= 4 is 34.8 Å². The van der Waals surface area contributed by atoms with E-state index in [-0.39, 0.29) is 30.8 Å². The molecule has 1 saturated heterocycles. The van der Waals surface area contributed by atoms with E-state index in [9.17, 15) is 14.4 Å². The monoisotopic (exact) mass is 619 g/mol. The van der Waals surface area contributed by atoms with Crippen molar-refractivity contribution in [2.45, 2.75) is 45.8 Å². The van der Waals surface area contributed by atoms with Crippen LogP contribution in [0.5, 0.6) is 11.5 Å². The third-order valence-electron chi connectivity index (χ3n) is 7.96. The van der Waals surface area contributed by atoms with Crippen LogP contribution in [0.3, 0.4) is 0 Å². The van der Waals surface area contributed by atoms with Gasteiger partial charge in [-0.1, -0.05) is 42.1 Å². The first-order valence-electron chi connectivity index (χ1n) is 14.7. The highest BCUT2D eigenvalue weighted by Crippen LogP contribution is 2.48. The molecule has 44 heavy (non-hydrogen) atoms. The molecule has 2 aromatic rings. The van der Waals surface area contributed by atoms with E-state index in [0.29, 0.717) is 71.7 Å². The number of piperidine rings is 1. The lowest BCUT2D eigenvalue weighted by Gasteiger charge is -2.37. The summed E-state index contributed by atoms with van der Waals surface area (Å²) < 4.78 is 22.3. The van der Waals surface area contributed by atoms with Crippen LogP contribution in [0.1, 0.15) is 50.3 Å².